The number of aromatic nitrogens is 3. The number of fused-ring (bicyclic) bond motifs is 1. The fourth-order valence-electron chi connectivity index (χ4n) is 5.23. The van der Waals surface area contributed by atoms with Gasteiger partial charge in [-0.25, -0.2) is 0 Å². The first-order valence-corrected chi connectivity index (χ1v) is 12.7. The first-order chi connectivity index (χ1) is 16.7. The number of aliphatic hydroxyl groups is 1. The van der Waals surface area contributed by atoms with Crippen molar-refractivity contribution in [2.24, 2.45) is 5.92 Å². The van der Waals surface area contributed by atoms with E-state index in [9.17, 15) is 15.1 Å². The molecule has 0 saturated heterocycles. The molecule has 2 aromatic heterocycles. The Balaban J connectivity index is 1.39. The predicted molar refractivity (Wildman–Crippen MR) is 134 cm³/mol. The molecule has 2 aliphatic rings. The summed E-state index contributed by atoms with van der Waals surface area (Å²) in [5.74, 6) is 0.623. The number of nitrogens with zero attached hydrogens (tertiary/aromatic N) is 3. The SMILES string of the molecule is CCOc1cc2nn(C3CCC(C(C)(C)O)CC3)cc2cc1NC(=O)c1cccc(C2CC2)[n+]1[O-]. The van der Waals surface area contributed by atoms with Crippen LogP contribution in [0.5, 0.6) is 5.75 Å². The molecule has 186 valence electrons. The number of hydrogen-bond acceptors (Lipinski definition) is 5. The Morgan fingerprint density at radius 2 is 1.97 bits per heavy atom. The molecule has 0 spiro atoms. The summed E-state index contributed by atoms with van der Waals surface area (Å²) >= 11 is 0. The van der Waals surface area contributed by atoms with Gasteiger partial charge in [-0.15, -0.1) is 0 Å². The molecule has 8 nitrogen and oxygen atoms in total. The maximum atomic E-state index is 13.1. The molecule has 3 aromatic rings. The molecule has 2 saturated carbocycles. The Labute approximate surface area is 205 Å². The van der Waals surface area contributed by atoms with Gasteiger partial charge in [-0.1, -0.05) is 0 Å². The number of pyridine rings is 1. The van der Waals surface area contributed by atoms with E-state index in [0.29, 0.717) is 29.7 Å². The third-order valence-corrected chi connectivity index (χ3v) is 7.44. The van der Waals surface area contributed by atoms with Gasteiger partial charge in [-0.2, -0.15) is 9.83 Å². The lowest BCUT2D eigenvalue weighted by atomic mass is 9.77. The lowest BCUT2D eigenvalue weighted by Crippen LogP contribution is -2.40. The number of hydrogen-bond donors (Lipinski definition) is 2. The van der Waals surface area contributed by atoms with Crippen molar-refractivity contribution in [3.63, 3.8) is 0 Å². The summed E-state index contributed by atoms with van der Waals surface area (Å²) in [5.41, 5.74) is 1.40. The van der Waals surface area contributed by atoms with Crippen LogP contribution in [-0.2, 0) is 0 Å². The number of rotatable bonds is 7. The molecular weight excluding hydrogens is 444 g/mol. The highest BCUT2D eigenvalue weighted by Gasteiger charge is 2.34. The van der Waals surface area contributed by atoms with E-state index in [4.69, 9.17) is 9.84 Å². The van der Waals surface area contributed by atoms with E-state index in [1.54, 1.807) is 18.2 Å². The molecule has 35 heavy (non-hydrogen) atoms. The lowest BCUT2D eigenvalue weighted by molar-refractivity contribution is -0.616. The van der Waals surface area contributed by atoms with Crippen LogP contribution < -0.4 is 14.8 Å². The van der Waals surface area contributed by atoms with Gasteiger partial charge < -0.3 is 20.4 Å². The molecule has 5 rings (SSSR count). The van der Waals surface area contributed by atoms with Crippen LogP contribution in [0.25, 0.3) is 10.9 Å². The zero-order chi connectivity index (χ0) is 24.7. The van der Waals surface area contributed by atoms with E-state index in [0.717, 1.165) is 54.2 Å². The summed E-state index contributed by atoms with van der Waals surface area (Å²) in [4.78, 5) is 13.1. The van der Waals surface area contributed by atoms with Crippen molar-refractivity contribution in [2.75, 3.05) is 11.9 Å². The summed E-state index contributed by atoms with van der Waals surface area (Å²) in [6.07, 6.45) is 7.84. The Hall–Kier alpha value is -3.13. The summed E-state index contributed by atoms with van der Waals surface area (Å²) in [5, 5.41) is 31.7. The van der Waals surface area contributed by atoms with Crippen molar-refractivity contribution in [1.82, 2.24) is 9.78 Å². The van der Waals surface area contributed by atoms with Crippen LogP contribution >= 0.6 is 0 Å². The van der Waals surface area contributed by atoms with Gasteiger partial charge in [0.05, 0.1) is 29.5 Å². The quantitative estimate of drug-likeness (QED) is 0.378. The topological polar surface area (TPSA) is 103 Å². The third-order valence-electron chi connectivity index (χ3n) is 7.44. The van der Waals surface area contributed by atoms with E-state index >= 15 is 0 Å². The molecule has 0 aliphatic heterocycles. The van der Waals surface area contributed by atoms with Gasteiger partial charge in [-0.05, 0) is 77.3 Å². The van der Waals surface area contributed by atoms with Crippen molar-refractivity contribution in [3.8, 4) is 5.75 Å². The average molecular weight is 479 g/mol. The van der Waals surface area contributed by atoms with Gasteiger partial charge in [-0.3, -0.25) is 9.48 Å². The minimum absolute atomic E-state index is 0.0798. The summed E-state index contributed by atoms with van der Waals surface area (Å²) < 4.78 is 8.58. The first kappa shape index (κ1) is 23.6. The monoisotopic (exact) mass is 478 g/mol. The van der Waals surface area contributed by atoms with Gasteiger partial charge in [0.1, 0.15) is 5.75 Å². The van der Waals surface area contributed by atoms with Gasteiger partial charge in [0, 0.05) is 35.7 Å². The van der Waals surface area contributed by atoms with Crippen molar-refractivity contribution in [3.05, 3.63) is 53.1 Å². The molecular formula is C27H34N4O4. The number of nitrogens with one attached hydrogen (secondary N) is 1. The predicted octanol–water partition coefficient (Wildman–Crippen LogP) is 4.70. The Kier molecular flexibility index (Phi) is 6.17. The second-order valence-corrected chi connectivity index (χ2v) is 10.5. The smallest absolute Gasteiger partial charge is 0.321 e. The Morgan fingerprint density at radius 1 is 1.23 bits per heavy atom. The van der Waals surface area contributed by atoms with Gasteiger partial charge in [0.2, 0.25) is 0 Å². The first-order valence-electron chi connectivity index (χ1n) is 12.7. The maximum absolute atomic E-state index is 13.1. The lowest BCUT2D eigenvalue weighted by Gasteiger charge is -2.35. The highest BCUT2D eigenvalue weighted by atomic mass is 16.5. The standard InChI is InChI=1S/C27H34N4O4/c1-4-35-25-15-21-18(16-30(29-21)20-12-10-19(11-13-20)27(2,3)33)14-22(25)28-26(32)24-7-5-6-23(31(24)34)17-8-9-17/h5-7,14-17,19-20,33H,4,8-13H2,1-3H3,(H,28,32). The number of amides is 1. The Bertz CT molecular complexity index is 1230. The van der Waals surface area contributed by atoms with E-state index in [-0.39, 0.29) is 17.7 Å². The molecule has 0 radical (unpaired) electrons. The van der Waals surface area contributed by atoms with Crippen LogP contribution in [0.3, 0.4) is 0 Å². The molecule has 2 aliphatic carbocycles. The number of ether oxygens (including phenoxy) is 1. The summed E-state index contributed by atoms with van der Waals surface area (Å²) in [6.45, 7) is 6.11. The van der Waals surface area contributed by atoms with E-state index < -0.39 is 11.5 Å². The van der Waals surface area contributed by atoms with Gasteiger partial charge >= 0.3 is 5.91 Å². The molecule has 2 N–H and O–H groups in total. The summed E-state index contributed by atoms with van der Waals surface area (Å²) in [7, 11) is 0. The largest absolute Gasteiger partial charge is 0.618 e. The second-order valence-electron chi connectivity index (χ2n) is 10.5. The van der Waals surface area contributed by atoms with Crippen molar-refractivity contribution < 1.29 is 19.4 Å². The highest BCUT2D eigenvalue weighted by Crippen LogP contribution is 2.39. The fraction of sp³-hybridized carbons (Fsp3) is 0.519. The molecule has 0 bridgehead atoms. The van der Waals surface area contributed by atoms with Crippen molar-refractivity contribution >= 4 is 22.5 Å². The molecule has 2 heterocycles. The zero-order valence-corrected chi connectivity index (χ0v) is 20.7. The van der Waals surface area contributed by atoms with Crippen LogP contribution in [0.1, 0.15) is 87.4 Å². The van der Waals surface area contributed by atoms with Crippen molar-refractivity contribution in [1.29, 1.82) is 0 Å². The average Bonchev–Trinajstić information content (AvgIpc) is 3.58. The zero-order valence-electron chi connectivity index (χ0n) is 20.7. The van der Waals surface area contributed by atoms with Crippen LogP contribution in [0.15, 0.2) is 36.5 Å². The normalized spacial score (nSPS) is 20.7. The third kappa shape index (κ3) is 4.85. The summed E-state index contributed by atoms with van der Waals surface area (Å²) in [6, 6.07) is 9.10. The van der Waals surface area contributed by atoms with Crippen LogP contribution in [0.4, 0.5) is 5.69 Å². The van der Waals surface area contributed by atoms with Crippen LogP contribution in [0.2, 0.25) is 0 Å². The Morgan fingerprint density at radius 3 is 2.63 bits per heavy atom. The molecule has 0 atom stereocenters. The molecule has 0 unspecified atom stereocenters. The van der Waals surface area contributed by atoms with Crippen LogP contribution in [-0.4, -0.2) is 33.0 Å². The molecule has 2 fully saturated rings. The van der Waals surface area contributed by atoms with Crippen LogP contribution in [0, 0.1) is 11.1 Å². The minimum atomic E-state index is -0.653. The van der Waals surface area contributed by atoms with Crippen molar-refractivity contribution in [2.45, 2.75) is 76.9 Å². The molecule has 8 heteroatoms. The van der Waals surface area contributed by atoms with E-state index in [2.05, 4.69) is 5.32 Å². The molecule has 1 amide bonds. The number of carbonyl (C=O) groups excluding carboxylic acids is 1. The van der Waals surface area contributed by atoms with Gasteiger partial charge in [0.15, 0.2) is 5.69 Å². The number of carbonyl (C=O) groups is 1. The minimum Gasteiger partial charge on any atom is -0.618 e. The highest BCUT2D eigenvalue weighted by molar-refractivity contribution is 6.04. The second kappa shape index (κ2) is 9.15. The maximum Gasteiger partial charge on any atom is 0.321 e. The van der Waals surface area contributed by atoms with E-state index in [1.165, 1.54) is 0 Å². The fourth-order valence-corrected chi connectivity index (χ4v) is 5.23. The van der Waals surface area contributed by atoms with E-state index in [1.807, 2.05) is 43.8 Å². The molecule has 1 aromatic carbocycles. The number of anilines is 1. The van der Waals surface area contributed by atoms with Gasteiger partial charge in [0.25, 0.3) is 5.69 Å². The number of benzene rings is 1.